The molecule has 1 aliphatic heterocycles. The molecule has 5 heteroatoms. The van der Waals surface area contributed by atoms with Gasteiger partial charge in [-0.05, 0) is 25.2 Å². The number of β-amino-alcohol motifs (C(OH)–C–C–N with tert-alkyl or cyclic N) is 1. The normalized spacial score (nSPS) is 35.1. The van der Waals surface area contributed by atoms with Gasteiger partial charge in [-0.1, -0.05) is 0 Å². The summed E-state index contributed by atoms with van der Waals surface area (Å²) < 4.78 is 36.2. The highest BCUT2D eigenvalue weighted by molar-refractivity contribution is 4.93. The summed E-state index contributed by atoms with van der Waals surface area (Å²) in [6, 6.07) is 0.289. The number of hydrogen-bond acceptors (Lipinski definition) is 2. The maximum absolute atomic E-state index is 12.1. The van der Waals surface area contributed by atoms with Crippen LogP contribution in [0.1, 0.15) is 19.3 Å². The molecule has 82 valence electrons. The zero-order chi connectivity index (χ0) is 10.3. The van der Waals surface area contributed by atoms with Gasteiger partial charge in [0.2, 0.25) is 0 Å². The minimum atomic E-state index is -4.47. The highest BCUT2D eigenvalue weighted by Crippen LogP contribution is 2.38. The molecule has 0 radical (unpaired) electrons. The predicted molar refractivity (Wildman–Crippen MR) is 44.8 cm³/mol. The number of nitrogens with zero attached hydrogens (tertiary/aromatic N) is 1. The number of halogens is 3. The summed E-state index contributed by atoms with van der Waals surface area (Å²) in [5, 5.41) is 8.91. The topological polar surface area (TPSA) is 23.5 Å². The van der Waals surface area contributed by atoms with E-state index in [1.54, 1.807) is 4.90 Å². The van der Waals surface area contributed by atoms with Crippen molar-refractivity contribution in [1.29, 1.82) is 0 Å². The van der Waals surface area contributed by atoms with Gasteiger partial charge in [0.1, 0.15) is 0 Å². The van der Waals surface area contributed by atoms with Crippen LogP contribution in [0.2, 0.25) is 0 Å². The second kappa shape index (κ2) is 3.38. The fourth-order valence-electron chi connectivity index (χ4n) is 2.58. The Morgan fingerprint density at radius 2 is 2.07 bits per heavy atom. The summed E-state index contributed by atoms with van der Waals surface area (Å²) in [6.07, 6.45) is -3.49. The van der Waals surface area contributed by atoms with Crippen LogP contribution in [0.5, 0.6) is 0 Å². The Labute approximate surface area is 80.7 Å². The highest BCUT2D eigenvalue weighted by atomic mass is 19.4. The first-order valence-electron chi connectivity index (χ1n) is 4.95. The standard InChI is InChI=1S/C9H14F3NO/c10-9(11,12)8(14)5-13-4-6-1-2-7(13)3-6/h6-8,14H,1-5H2. The van der Waals surface area contributed by atoms with Crippen molar-refractivity contribution >= 4 is 0 Å². The van der Waals surface area contributed by atoms with Gasteiger partial charge in [0, 0.05) is 19.1 Å². The molecule has 1 N–H and O–H groups in total. The van der Waals surface area contributed by atoms with E-state index >= 15 is 0 Å². The van der Waals surface area contributed by atoms with E-state index in [4.69, 9.17) is 5.11 Å². The molecule has 14 heavy (non-hydrogen) atoms. The lowest BCUT2D eigenvalue weighted by atomic mass is 10.1. The number of aliphatic hydroxyl groups is 1. The van der Waals surface area contributed by atoms with Crippen molar-refractivity contribution in [1.82, 2.24) is 4.90 Å². The summed E-state index contributed by atoms with van der Waals surface area (Å²) in [7, 11) is 0. The van der Waals surface area contributed by atoms with Gasteiger partial charge in [0.05, 0.1) is 0 Å². The third kappa shape index (κ3) is 1.88. The maximum Gasteiger partial charge on any atom is 0.415 e. The predicted octanol–water partition coefficient (Wildman–Crippen LogP) is 1.39. The van der Waals surface area contributed by atoms with E-state index in [9.17, 15) is 13.2 Å². The highest BCUT2D eigenvalue weighted by Gasteiger charge is 2.44. The van der Waals surface area contributed by atoms with Crippen molar-refractivity contribution < 1.29 is 18.3 Å². The molecule has 3 atom stereocenters. The largest absolute Gasteiger partial charge is 0.415 e. The molecule has 2 nitrogen and oxygen atoms in total. The molecule has 0 aromatic heterocycles. The molecule has 0 spiro atoms. The molecule has 1 aliphatic carbocycles. The lowest BCUT2D eigenvalue weighted by Crippen LogP contribution is -2.44. The van der Waals surface area contributed by atoms with Crippen LogP contribution < -0.4 is 0 Å². The van der Waals surface area contributed by atoms with Gasteiger partial charge in [-0.2, -0.15) is 13.2 Å². The van der Waals surface area contributed by atoms with Gasteiger partial charge in [-0.3, -0.25) is 4.90 Å². The van der Waals surface area contributed by atoms with Crippen molar-refractivity contribution in [2.75, 3.05) is 13.1 Å². The smallest absolute Gasteiger partial charge is 0.382 e. The van der Waals surface area contributed by atoms with E-state index in [-0.39, 0.29) is 12.6 Å². The van der Waals surface area contributed by atoms with E-state index in [0.717, 1.165) is 25.8 Å². The Hall–Kier alpha value is -0.290. The molecule has 3 unspecified atom stereocenters. The maximum atomic E-state index is 12.1. The SMILES string of the molecule is OC(CN1CC2CCC1C2)C(F)(F)F. The summed E-state index contributed by atoms with van der Waals surface area (Å²) >= 11 is 0. The van der Waals surface area contributed by atoms with Gasteiger partial charge in [0.25, 0.3) is 0 Å². The Morgan fingerprint density at radius 3 is 2.50 bits per heavy atom. The van der Waals surface area contributed by atoms with Gasteiger partial charge in [0.15, 0.2) is 6.10 Å². The molecule has 1 heterocycles. The molecule has 2 rings (SSSR count). The molecule has 2 bridgehead atoms. The lowest BCUT2D eigenvalue weighted by molar-refractivity contribution is -0.209. The molecule has 1 saturated heterocycles. The molecule has 2 aliphatic rings. The minimum Gasteiger partial charge on any atom is -0.382 e. The zero-order valence-corrected chi connectivity index (χ0v) is 7.80. The van der Waals surface area contributed by atoms with Crippen LogP contribution in [0.3, 0.4) is 0 Å². The first kappa shape index (κ1) is 10.2. The summed E-state index contributed by atoms with van der Waals surface area (Å²) in [5.41, 5.74) is 0. The first-order valence-corrected chi connectivity index (χ1v) is 4.95. The van der Waals surface area contributed by atoms with Crippen molar-refractivity contribution in [2.24, 2.45) is 5.92 Å². The molecular weight excluding hydrogens is 195 g/mol. The number of aliphatic hydroxyl groups excluding tert-OH is 1. The van der Waals surface area contributed by atoms with Crippen LogP contribution in [0.25, 0.3) is 0 Å². The average molecular weight is 209 g/mol. The number of piperidine rings is 1. The monoisotopic (exact) mass is 209 g/mol. The summed E-state index contributed by atoms with van der Waals surface area (Å²) in [6.45, 7) is 0.489. The van der Waals surface area contributed by atoms with E-state index in [1.807, 2.05) is 0 Å². The van der Waals surface area contributed by atoms with E-state index in [0.29, 0.717) is 5.92 Å². The van der Waals surface area contributed by atoms with Gasteiger partial charge in [-0.15, -0.1) is 0 Å². The van der Waals surface area contributed by atoms with Gasteiger partial charge in [-0.25, -0.2) is 0 Å². The second-order valence-corrected chi connectivity index (χ2v) is 4.34. The summed E-state index contributed by atoms with van der Waals surface area (Å²) in [4.78, 5) is 1.78. The van der Waals surface area contributed by atoms with Gasteiger partial charge < -0.3 is 5.11 Å². The number of likely N-dealkylation sites (tertiary alicyclic amines) is 1. The van der Waals surface area contributed by atoms with Crippen LogP contribution in [0, 0.1) is 5.92 Å². The molecule has 0 aromatic rings. The fourth-order valence-corrected chi connectivity index (χ4v) is 2.58. The fraction of sp³-hybridized carbons (Fsp3) is 1.00. The van der Waals surface area contributed by atoms with Crippen molar-refractivity contribution in [2.45, 2.75) is 37.6 Å². The lowest BCUT2D eigenvalue weighted by Gasteiger charge is -2.29. The number of alkyl halides is 3. The molecule has 1 saturated carbocycles. The number of rotatable bonds is 2. The van der Waals surface area contributed by atoms with Crippen LogP contribution in [0.15, 0.2) is 0 Å². The molecule has 2 fully saturated rings. The van der Waals surface area contributed by atoms with Crippen molar-refractivity contribution in [3.8, 4) is 0 Å². The van der Waals surface area contributed by atoms with Crippen LogP contribution >= 0.6 is 0 Å². The Morgan fingerprint density at radius 1 is 1.36 bits per heavy atom. The second-order valence-electron chi connectivity index (χ2n) is 4.34. The molecule has 0 aromatic carbocycles. The van der Waals surface area contributed by atoms with E-state index in [2.05, 4.69) is 0 Å². The van der Waals surface area contributed by atoms with Crippen LogP contribution in [0.4, 0.5) is 13.2 Å². The Balaban J connectivity index is 1.87. The van der Waals surface area contributed by atoms with Crippen LogP contribution in [-0.2, 0) is 0 Å². The number of fused-ring (bicyclic) bond motifs is 2. The summed E-state index contributed by atoms with van der Waals surface area (Å²) in [5.74, 6) is 0.570. The van der Waals surface area contributed by atoms with Gasteiger partial charge >= 0.3 is 6.18 Å². The van der Waals surface area contributed by atoms with E-state index in [1.165, 1.54) is 0 Å². The van der Waals surface area contributed by atoms with E-state index < -0.39 is 12.3 Å². The molecule has 0 amide bonds. The number of hydrogen-bond donors (Lipinski definition) is 1. The Bertz CT molecular complexity index is 219. The Kier molecular flexibility index (Phi) is 2.47. The third-order valence-electron chi connectivity index (χ3n) is 3.31. The zero-order valence-electron chi connectivity index (χ0n) is 7.80. The quantitative estimate of drug-likeness (QED) is 0.743. The van der Waals surface area contributed by atoms with Crippen LogP contribution in [-0.4, -0.2) is 41.4 Å². The molecular formula is C9H14F3NO. The minimum absolute atomic E-state index is 0.245. The first-order chi connectivity index (χ1) is 6.47. The van der Waals surface area contributed by atoms with Crippen molar-refractivity contribution in [3.05, 3.63) is 0 Å². The van der Waals surface area contributed by atoms with Crippen molar-refractivity contribution in [3.63, 3.8) is 0 Å². The average Bonchev–Trinajstić information content (AvgIpc) is 2.62. The third-order valence-corrected chi connectivity index (χ3v) is 3.31.